The summed E-state index contributed by atoms with van der Waals surface area (Å²) < 4.78 is 0. The molecule has 9 heteroatoms. The Morgan fingerprint density at radius 2 is 1.83 bits per heavy atom. The van der Waals surface area contributed by atoms with Gasteiger partial charge in [-0.3, -0.25) is 14.4 Å². The molecule has 2 unspecified atom stereocenters. The van der Waals surface area contributed by atoms with E-state index in [1.54, 1.807) is 19.0 Å². The summed E-state index contributed by atoms with van der Waals surface area (Å²) in [6.45, 7) is 7.34. The Balaban J connectivity index is 1.18. The van der Waals surface area contributed by atoms with Gasteiger partial charge in [0, 0.05) is 45.6 Å². The maximum Gasteiger partial charge on any atom is 0.436 e. The van der Waals surface area contributed by atoms with Crippen LogP contribution in [0.1, 0.15) is 91.4 Å². The molecular weight excluding hydrogens is 532 g/mol. The number of hydrogen-bond donors (Lipinski definition) is 2. The Morgan fingerprint density at radius 1 is 1.05 bits per heavy atom. The standard InChI is InChI=1S/C33H52N4O5/c1-21(35-42-31(41)37(18-19-38)17-14-23-7-11-29(34-23)30(40)36(4)5)26-9-10-27-25-8-6-22-20-24(39)12-15-32(22,2)28(25)13-16-33(26,27)3/h20,23,25-29,34,38H,6-19H2,1-5H3/b35-21+/t23?,25-,26+,27-,28-,29?,32-,33+/m0/s1. The van der Waals surface area contributed by atoms with Gasteiger partial charge in [-0.1, -0.05) is 24.6 Å². The molecule has 0 aromatic rings. The zero-order valence-electron chi connectivity index (χ0n) is 26.4. The van der Waals surface area contributed by atoms with Gasteiger partial charge in [0.15, 0.2) is 5.78 Å². The number of allylic oxidation sites excluding steroid dienone is 1. The van der Waals surface area contributed by atoms with Crippen molar-refractivity contribution in [1.29, 1.82) is 0 Å². The zero-order valence-corrected chi connectivity index (χ0v) is 26.4. The quantitative estimate of drug-likeness (QED) is 0.246. The first-order valence-electron chi connectivity index (χ1n) is 16.3. The Bertz CT molecular complexity index is 1120. The Labute approximate surface area is 251 Å². The largest absolute Gasteiger partial charge is 0.436 e. The van der Waals surface area contributed by atoms with Crippen LogP contribution in [0.15, 0.2) is 16.8 Å². The van der Waals surface area contributed by atoms with Gasteiger partial charge in [-0.2, -0.15) is 0 Å². The number of carbonyl (C=O) groups excluding carboxylic acids is 3. The van der Waals surface area contributed by atoms with Crippen molar-refractivity contribution in [2.24, 2.45) is 39.7 Å². The summed E-state index contributed by atoms with van der Waals surface area (Å²) in [6.07, 6.45) is 12.3. The van der Waals surface area contributed by atoms with E-state index in [1.165, 1.54) is 29.7 Å². The average molecular weight is 585 g/mol. The van der Waals surface area contributed by atoms with Crippen molar-refractivity contribution in [3.8, 4) is 0 Å². The number of amides is 2. The second-order valence-corrected chi connectivity index (χ2v) is 14.5. The van der Waals surface area contributed by atoms with Gasteiger partial charge >= 0.3 is 6.09 Å². The molecule has 4 fully saturated rings. The Morgan fingerprint density at radius 3 is 2.57 bits per heavy atom. The van der Waals surface area contributed by atoms with Crippen LogP contribution in [-0.2, 0) is 14.4 Å². The molecule has 5 rings (SSSR count). The number of aliphatic hydroxyl groups excluding tert-OH is 1. The van der Waals surface area contributed by atoms with Crippen LogP contribution >= 0.6 is 0 Å². The minimum Gasteiger partial charge on any atom is -0.395 e. The molecule has 3 saturated carbocycles. The van der Waals surface area contributed by atoms with Crippen LogP contribution in [0.4, 0.5) is 4.79 Å². The molecule has 234 valence electrons. The van der Waals surface area contributed by atoms with E-state index in [0.717, 1.165) is 44.2 Å². The number of rotatable bonds is 8. The molecule has 1 saturated heterocycles. The van der Waals surface area contributed by atoms with Gasteiger partial charge in [-0.15, -0.1) is 0 Å². The topological polar surface area (TPSA) is 112 Å². The molecule has 0 radical (unpaired) electrons. The third kappa shape index (κ3) is 5.80. The molecule has 0 spiro atoms. The highest BCUT2D eigenvalue weighted by atomic mass is 16.7. The third-order valence-corrected chi connectivity index (χ3v) is 12.1. The molecular formula is C33H52N4O5. The molecule has 2 N–H and O–H groups in total. The molecule has 9 nitrogen and oxygen atoms in total. The summed E-state index contributed by atoms with van der Waals surface area (Å²) >= 11 is 0. The lowest BCUT2D eigenvalue weighted by molar-refractivity contribution is -0.130. The number of hydrogen-bond acceptors (Lipinski definition) is 7. The maximum absolute atomic E-state index is 13.0. The summed E-state index contributed by atoms with van der Waals surface area (Å²) in [6, 6.07) is -0.0321. The molecule has 4 aliphatic carbocycles. The summed E-state index contributed by atoms with van der Waals surface area (Å²) in [7, 11) is 3.53. The summed E-state index contributed by atoms with van der Waals surface area (Å²) in [4.78, 5) is 46.1. The van der Waals surface area contributed by atoms with Crippen LogP contribution in [0.25, 0.3) is 0 Å². The number of carbonyl (C=O) groups is 3. The van der Waals surface area contributed by atoms with Crippen molar-refractivity contribution in [2.75, 3.05) is 33.8 Å². The number of nitrogens with one attached hydrogen (secondary N) is 1. The number of aliphatic hydroxyl groups is 1. The lowest BCUT2D eigenvalue weighted by atomic mass is 9.46. The summed E-state index contributed by atoms with van der Waals surface area (Å²) in [5.41, 5.74) is 2.61. The van der Waals surface area contributed by atoms with E-state index in [9.17, 15) is 19.5 Å². The maximum atomic E-state index is 13.0. The van der Waals surface area contributed by atoms with Crippen LogP contribution in [0, 0.1) is 34.5 Å². The monoisotopic (exact) mass is 584 g/mol. The highest BCUT2D eigenvalue weighted by Crippen LogP contribution is 2.66. The third-order valence-electron chi connectivity index (χ3n) is 12.1. The minimum atomic E-state index is -0.530. The Hall–Kier alpha value is -2.26. The summed E-state index contributed by atoms with van der Waals surface area (Å²) in [5.74, 6) is 2.63. The van der Waals surface area contributed by atoms with E-state index >= 15 is 0 Å². The number of nitrogens with zero attached hydrogens (tertiary/aromatic N) is 3. The minimum absolute atomic E-state index is 0.0787. The first kappa shape index (κ1) is 31.2. The van der Waals surface area contributed by atoms with E-state index in [1.807, 2.05) is 13.0 Å². The average Bonchev–Trinajstić information content (AvgIpc) is 3.58. The van der Waals surface area contributed by atoms with Gasteiger partial charge in [-0.05, 0) is 106 Å². The fourth-order valence-corrected chi connectivity index (χ4v) is 9.76. The smallest absolute Gasteiger partial charge is 0.395 e. The number of fused-ring (bicyclic) bond motifs is 5. The van der Waals surface area contributed by atoms with E-state index in [2.05, 4.69) is 24.3 Å². The van der Waals surface area contributed by atoms with Crippen molar-refractivity contribution in [3.63, 3.8) is 0 Å². The van der Waals surface area contributed by atoms with Gasteiger partial charge in [-0.25, -0.2) is 4.79 Å². The van der Waals surface area contributed by atoms with Gasteiger partial charge in [0.2, 0.25) is 5.91 Å². The van der Waals surface area contributed by atoms with Gasteiger partial charge in [0.25, 0.3) is 0 Å². The molecule has 2 amide bonds. The molecule has 0 aromatic carbocycles. The highest BCUT2D eigenvalue weighted by molar-refractivity contribution is 5.91. The highest BCUT2D eigenvalue weighted by Gasteiger charge is 2.59. The van der Waals surface area contributed by atoms with Gasteiger partial charge < -0.3 is 20.2 Å². The van der Waals surface area contributed by atoms with E-state index < -0.39 is 6.09 Å². The first-order valence-corrected chi connectivity index (χ1v) is 16.3. The van der Waals surface area contributed by atoms with Crippen molar-refractivity contribution in [2.45, 2.75) is 103 Å². The predicted octanol–water partition coefficient (Wildman–Crippen LogP) is 4.54. The van der Waals surface area contributed by atoms with Gasteiger partial charge in [0.05, 0.1) is 18.4 Å². The van der Waals surface area contributed by atoms with Crippen LogP contribution in [0.5, 0.6) is 0 Å². The fraction of sp³-hybridized carbons (Fsp3) is 0.818. The number of ketones is 1. The van der Waals surface area contributed by atoms with Crippen molar-refractivity contribution in [1.82, 2.24) is 15.1 Å². The molecule has 0 bridgehead atoms. The zero-order chi connectivity index (χ0) is 30.2. The Kier molecular flexibility index (Phi) is 9.19. The normalized spacial score (nSPS) is 37.8. The lowest BCUT2D eigenvalue weighted by Gasteiger charge is -2.58. The van der Waals surface area contributed by atoms with Crippen LogP contribution in [-0.4, -0.2) is 84.3 Å². The van der Waals surface area contributed by atoms with Crippen molar-refractivity contribution < 1.29 is 24.3 Å². The molecule has 1 aliphatic heterocycles. The number of likely N-dealkylation sites (N-methyl/N-ethyl adjacent to an activating group) is 1. The van der Waals surface area contributed by atoms with Crippen molar-refractivity contribution in [3.05, 3.63) is 11.6 Å². The summed E-state index contributed by atoms with van der Waals surface area (Å²) in [5, 5.41) is 17.4. The second kappa shape index (κ2) is 12.4. The van der Waals surface area contributed by atoms with Gasteiger partial charge in [0.1, 0.15) is 0 Å². The molecule has 5 aliphatic rings. The van der Waals surface area contributed by atoms with Crippen molar-refractivity contribution >= 4 is 23.5 Å². The lowest BCUT2D eigenvalue weighted by Crippen LogP contribution is -2.51. The molecule has 8 atom stereocenters. The van der Waals surface area contributed by atoms with E-state index in [-0.39, 0.29) is 47.9 Å². The fourth-order valence-electron chi connectivity index (χ4n) is 9.76. The SMILES string of the molecule is C/C(=N\OC(=O)N(CCO)CCC1CCC(C(=O)N(C)C)N1)[C@H]1CC[C@H]2[C@@H]3CCC4=CC(=O)CC[C@]4(C)[C@H]3CC[C@]12C. The molecule has 42 heavy (non-hydrogen) atoms. The van der Waals surface area contributed by atoms with Crippen LogP contribution in [0.3, 0.4) is 0 Å². The molecule has 0 aromatic heterocycles. The van der Waals surface area contributed by atoms with Crippen LogP contribution in [0.2, 0.25) is 0 Å². The second-order valence-electron chi connectivity index (χ2n) is 14.5. The van der Waals surface area contributed by atoms with E-state index in [4.69, 9.17) is 4.84 Å². The van der Waals surface area contributed by atoms with E-state index in [0.29, 0.717) is 42.9 Å². The van der Waals surface area contributed by atoms with Crippen LogP contribution < -0.4 is 5.32 Å². The predicted molar refractivity (Wildman–Crippen MR) is 162 cm³/mol. The molecule has 1 heterocycles. The number of oxime groups is 1. The first-order chi connectivity index (χ1) is 20.0.